The lowest BCUT2D eigenvalue weighted by Gasteiger charge is -2.22. The fourth-order valence-corrected chi connectivity index (χ4v) is 6.01. The highest BCUT2D eigenvalue weighted by atomic mass is 16.6. The van der Waals surface area contributed by atoms with Crippen LogP contribution < -0.4 is 27.0 Å². The van der Waals surface area contributed by atoms with Gasteiger partial charge in [0.1, 0.15) is 37.5 Å². The Hall–Kier alpha value is -5.14. The number of amides is 4. The lowest BCUT2D eigenvalue weighted by Crippen LogP contribution is -2.41. The second-order valence-corrected chi connectivity index (χ2v) is 14.9. The van der Waals surface area contributed by atoms with Gasteiger partial charge in [0.05, 0.1) is 39.6 Å². The minimum absolute atomic E-state index is 0.0772. The summed E-state index contributed by atoms with van der Waals surface area (Å²) in [6.07, 6.45) is 0.541. The SMILES string of the molecule is CC(C)(C)OC(=O)[C@H](N)CCC(=O)NCCOCCOCC(=O)NCCOCCOCC(=O)NCCCC[C@@H](NC(=O)OCC1c2ccccc2-c2ccccc21)C(=O)O. The molecule has 0 saturated heterocycles. The van der Waals surface area contributed by atoms with Crippen molar-refractivity contribution in [2.45, 2.75) is 76.5 Å². The third-order valence-corrected chi connectivity index (χ3v) is 8.91. The normalized spacial score (nSPS) is 13.0. The van der Waals surface area contributed by atoms with Gasteiger partial charge in [-0.25, -0.2) is 9.59 Å². The van der Waals surface area contributed by atoms with Crippen LogP contribution in [-0.4, -0.2) is 138 Å². The van der Waals surface area contributed by atoms with Gasteiger partial charge in [0.2, 0.25) is 17.7 Å². The largest absolute Gasteiger partial charge is 0.480 e. The summed E-state index contributed by atoms with van der Waals surface area (Å²) in [7, 11) is 0. The van der Waals surface area contributed by atoms with Gasteiger partial charge in [-0.05, 0) is 68.7 Å². The zero-order chi connectivity index (χ0) is 43.8. The van der Waals surface area contributed by atoms with Gasteiger partial charge in [-0.2, -0.15) is 0 Å². The zero-order valence-corrected chi connectivity index (χ0v) is 34.8. The van der Waals surface area contributed by atoms with Gasteiger partial charge in [-0.3, -0.25) is 19.2 Å². The van der Waals surface area contributed by atoms with Crippen molar-refractivity contribution < 1.29 is 62.3 Å². The van der Waals surface area contributed by atoms with Crippen LogP contribution in [0.15, 0.2) is 48.5 Å². The number of aliphatic carboxylic acids is 1. The molecule has 18 nitrogen and oxygen atoms in total. The Bertz CT molecular complexity index is 1640. The fraction of sp³-hybridized carbons (Fsp3) is 0.571. The number of esters is 1. The molecule has 2 aromatic rings. The molecule has 4 amide bonds. The molecule has 3 rings (SSSR count). The van der Waals surface area contributed by atoms with E-state index in [0.717, 1.165) is 22.3 Å². The van der Waals surface area contributed by atoms with E-state index in [1.54, 1.807) is 20.8 Å². The first-order chi connectivity index (χ1) is 28.7. The highest BCUT2D eigenvalue weighted by Gasteiger charge is 2.30. The Morgan fingerprint density at radius 1 is 0.683 bits per heavy atom. The predicted molar refractivity (Wildman–Crippen MR) is 219 cm³/mol. The van der Waals surface area contributed by atoms with Crippen LogP contribution in [0.3, 0.4) is 0 Å². The van der Waals surface area contributed by atoms with Crippen molar-refractivity contribution in [1.82, 2.24) is 21.3 Å². The van der Waals surface area contributed by atoms with E-state index in [1.807, 2.05) is 48.5 Å². The lowest BCUT2D eigenvalue weighted by molar-refractivity contribution is -0.156. The third kappa shape index (κ3) is 19.3. The van der Waals surface area contributed by atoms with Crippen molar-refractivity contribution in [2.24, 2.45) is 5.73 Å². The number of benzene rings is 2. The summed E-state index contributed by atoms with van der Waals surface area (Å²) in [4.78, 5) is 72.2. The molecular formula is C42H61N5O13. The number of nitrogens with one attached hydrogen (secondary N) is 4. The summed E-state index contributed by atoms with van der Waals surface area (Å²) in [5.74, 6) is -2.78. The second kappa shape index (κ2) is 26.9. The molecule has 0 unspecified atom stereocenters. The van der Waals surface area contributed by atoms with Crippen LogP contribution in [-0.2, 0) is 52.4 Å². The first-order valence-electron chi connectivity index (χ1n) is 20.2. The molecule has 2 aromatic carbocycles. The van der Waals surface area contributed by atoms with Crippen molar-refractivity contribution >= 4 is 35.8 Å². The monoisotopic (exact) mass is 843 g/mol. The van der Waals surface area contributed by atoms with E-state index in [-0.39, 0.29) is 115 Å². The summed E-state index contributed by atoms with van der Waals surface area (Å²) in [6.45, 7) is 7.07. The summed E-state index contributed by atoms with van der Waals surface area (Å²) >= 11 is 0. The number of unbranched alkanes of at least 4 members (excludes halogenated alkanes) is 1. The molecule has 0 heterocycles. The highest BCUT2D eigenvalue weighted by Crippen LogP contribution is 2.44. The first kappa shape index (κ1) is 49.2. The number of carbonyl (C=O) groups excluding carboxylic acids is 5. The zero-order valence-electron chi connectivity index (χ0n) is 34.8. The average Bonchev–Trinajstić information content (AvgIpc) is 3.53. The Morgan fingerprint density at radius 3 is 1.75 bits per heavy atom. The quantitative estimate of drug-likeness (QED) is 0.0507. The number of carboxylic acids is 1. The van der Waals surface area contributed by atoms with Crippen molar-refractivity contribution in [3.63, 3.8) is 0 Å². The van der Waals surface area contributed by atoms with Gasteiger partial charge >= 0.3 is 18.0 Å². The predicted octanol–water partition coefficient (Wildman–Crippen LogP) is 2.01. The Balaban J connectivity index is 1.09. The molecule has 1 aliphatic rings. The minimum atomic E-state index is -1.17. The van der Waals surface area contributed by atoms with Crippen LogP contribution >= 0.6 is 0 Å². The molecule has 7 N–H and O–H groups in total. The standard InChI is InChI=1S/C42H61N5O13/c1-42(2,3)60-40(53)34(43)15-16-36(48)45-18-20-55-22-25-58-28-38(50)46-19-21-56-23-24-57-27-37(49)44-17-9-8-14-35(39(51)52)47-41(54)59-26-33-31-12-6-4-10-29(31)30-11-5-7-13-32(30)33/h4-7,10-13,33-35H,8-9,14-28,43H2,1-3H3,(H,44,49)(H,45,48)(H,46,50)(H,47,54)(H,51,52)/t34-,35-/m1/s1. The number of nitrogens with two attached hydrogens (primary N) is 1. The highest BCUT2D eigenvalue weighted by molar-refractivity contribution is 5.81. The number of carbonyl (C=O) groups is 6. The number of ether oxygens (including phenoxy) is 6. The van der Waals surface area contributed by atoms with Crippen molar-refractivity contribution in [3.05, 3.63) is 59.7 Å². The van der Waals surface area contributed by atoms with Gasteiger partial charge in [0, 0.05) is 32.0 Å². The molecule has 18 heteroatoms. The summed E-state index contributed by atoms with van der Waals surface area (Å²) < 4.78 is 32.0. The molecule has 2 atom stereocenters. The summed E-state index contributed by atoms with van der Waals surface area (Å²) in [5.41, 5.74) is 9.44. The molecule has 0 radical (unpaired) electrons. The number of carboxylic acid groups (broad SMARTS) is 1. The molecule has 0 saturated carbocycles. The van der Waals surface area contributed by atoms with E-state index in [1.165, 1.54) is 0 Å². The maximum atomic E-state index is 12.6. The van der Waals surface area contributed by atoms with Crippen LogP contribution in [0.1, 0.15) is 69.9 Å². The van der Waals surface area contributed by atoms with Gasteiger partial charge < -0.3 is 60.5 Å². The molecule has 332 valence electrons. The van der Waals surface area contributed by atoms with E-state index < -0.39 is 35.7 Å². The van der Waals surface area contributed by atoms with Crippen molar-refractivity contribution in [2.75, 3.05) is 79.1 Å². The van der Waals surface area contributed by atoms with Crippen molar-refractivity contribution in [3.8, 4) is 11.1 Å². The van der Waals surface area contributed by atoms with Crippen molar-refractivity contribution in [1.29, 1.82) is 0 Å². The number of alkyl carbamates (subject to hydrolysis) is 1. The number of rotatable bonds is 29. The second-order valence-electron chi connectivity index (χ2n) is 14.9. The smallest absolute Gasteiger partial charge is 0.407 e. The topological polar surface area (TPSA) is 252 Å². The first-order valence-corrected chi connectivity index (χ1v) is 20.2. The summed E-state index contributed by atoms with van der Waals surface area (Å²) in [6, 6.07) is 13.9. The minimum Gasteiger partial charge on any atom is -0.480 e. The Kier molecular flexibility index (Phi) is 22.0. The maximum absolute atomic E-state index is 12.6. The van der Waals surface area contributed by atoms with Crippen LogP contribution in [0.25, 0.3) is 11.1 Å². The van der Waals surface area contributed by atoms with Gasteiger partial charge in [0.15, 0.2) is 0 Å². The van der Waals surface area contributed by atoms with E-state index in [9.17, 15) is 33.9 Å². The molecule has 0 bridgehead atoms. The van der Waals surface area contributed by atoms with Gasteiger partial charge in [0.25, 0.3) is 0 Å². The lowest BCUT2D eigenvalue weighted by atomic mass is 9.98. The van der Waals surface area contributed by atoms with E-state index in [4.69, 9.17) is 34.2 Å². The van der Waals surface area contributed by atoms with Crippen LogP contribution in [0.2, 0.25) is 0 Å². The molecule has 1 aliphatic carbocycles. The van der Waals surface area contributed by atoms with Crippen LogP contribution in [0.5, 0.6) is 0 Å². The molecule has 60 heavy (non-hydrogen) atoms. The number of fused-ring (bicyclic) bond motifs is 3. The molecule has 0 fully saturated rings. The molecular weight excluding hydrogens is 782 g/mol. The number of hydrogen-bond donors (Lipinski definition) is 6. The van der Waals surface area contributed by atoms with Crippen LogP contribution in [0, 0.1) is 0 Å². The van der Waals surface area contributed by atoms with Gasteiger partial charge in [-0.15, -0.1) is 0 Å². The van der Waals surface area contributed by atoms with Gasteiger partial charge in [-0.1, -0.05) is 48.5 Å². The maximum Gasteiger partial charge on any atom is 0.407 e. The van der Waals surface area contributed by atoms with Crippen LogP contribution in [0.4, 0.5) is 4.79 Å². The molecule has 0 aliphatic heterocycles. The van der Waals surface area contributed by atoms with E-state index in [2.05, 4.69) is 21.3 Å². The Morgan fingerprint density at radius 2 is 1.20 bits per heavy atom. The van der Waals surface area contributed by atoms with E-state index in [0.29, 0.717) is 19.4 Å². The Labute approximate surface area is 350 Å². The molecule has 0 aromatic heterocycles. The molecule has 0 spiro atoms. The average molecular weight is 844 g/mol. The van der Waals surface area contributed by atoms with E-state index >= 15 is 0 Å². The summed E-state index contributed by atoms with van der Waals surface area (Å²) in [5, 5.41) is 20.1. The third-order valence-electron chi connectivity index (χ3n) is 8.91. The fourth-order valence-electron chi connectivity index (χ4n) is 6.01. The number of hydrogen-bond acceptors (Lipinski definition) is 13.